The highest BCUT2D eigenvalue weighted by Crippen LogP contribution is 2.24. The zero-order valence-electron chi connectivity index (χ0n) is 9.16. The Morgan fingerprint density at radius 2 is 2.25 bits per heavy atom. The van der Waals surface area contributed by atoms with E-state index in [0.29, 0.717) is 0 Å². The van der Waals surface area contributed by atoms with Crippen LogP contribution in [0.1, 0.15) is 6.92 Å². The van der Waals surface area contributed by atoms with E-state index in [1.165, 1.54) is 14.0 Å². The maximum atomic E-state index is 10.9. The van der Waals surface area contributed by atoms with Gasteiger partial charge in [-0.3, -0.25) is 4.79 Å². The molecule has 0 aliphatic carbocycles. The minimum Gasteiger partial charge on any atom is -0.394 e. The molecule has 1 rings (SSSR count). The molecule has 94 valence electrons. The number of amides is 1. The van der Waals surface area contributed by atoms with Gasteiger partial charge in [0.15, 0.2) is 6.29 Å². The Labute approximate surface area is 93.0 Å². The predicted molar refractivity (Wildman–Crippen MR) is 52.4 cm³/mol. The van der Waals surface area contributed by atoms with Gasteiger partial charge in [-0.25, -0.2) is 0 Å². The van der Waals surface area contributed by atoms with Gasteiger partial charge in [0.25, 0.3) is 0 Å². The maximum absolute atomic E-state index is 10.9. The van der Waals surface area contributed by atoms with Crippen molar-refractivity contribution < 1.29 is 29.6 Å². The van der Waals surface area contributed by atoms with Gasteiger partial charge in [0, 0.05) is 14.0 Å². The van der Waals surface area contributed by atoms with Crippen LogP contribution >= 0.6 is 0 Å². The largest absolute Gasteiger partial charge is 0.394 e. The van der Waals surface area contributed by atoms with E-state index < -0.39 is 37.3 Å². The van der Waals surface area contributed by atoms with Crippen molar-refractivity contribution in [3.63, 3.8) is 0 Å². The number of aliphatic hydroxyl groups is 3. The minimum absolute atomic E-state index is 0.339. The van der Waals surface area contributed by atoms with Crippen molar-refractivity contribution in [3.8, 4) is 0 Å². The van der Waals surface area contributed by atoms with Gasteiger partial charge in [0.1, 0.15) is 24.4 Å². The number of methoxy groups -OCH3 is 1. The first kappa shape index (κ1) is 13.3. The first-order chi connectivity index (χ1) is 7.51. The van der Waals surface area contributed by atoms with Crippen LogP contribution in [0.4, 0.5) is 0 Å². The molecule has 0 aromatic carbocycles. The SMILES string of the molecule is CO[C@H]1O[C@@H]([C@H](O)CO)[C@H](O)[C@@H]1NC(C)=O. The Morgan fingerprint density at radius 3 is 2.69 bits per heavy atom. The van der Waals surface area contributed by atoms with E-state index in [2.05, 4.69) is 5.32 Å². The summed E-state index contributed by atoms with van der Waals surface area (Å²) in [5.41, 5.74) is 0. The lowest BCUT2D eigenvalue weighted by Gasteiger charge is -2.20. The van der Waals surface area contributed by atoms with Gasteiger partial charge >= 0.3 is 0 Å². The minimum atomic E-state index is -1.22. The van der Waals surface area contributed by atoms with Crippen molar-refractivity contribution in [1.82, 2.24) is 5.32 Å². The highest BCUT2D eigenvalue weighted by molar-refractivity contribution is 5.73. The molecule has 1 saturated heterocycles. The summed E-state index contributed by atoms with van der Waals surface area (Å²) in [6.07, 6.45) is -4.17. The number of rotatable bonds is 4. The number of nitrogens with one attached hydrogen (secondary N) is 1. The number of hydrogen-bond acceptors (Lipinski definition) is 6. The highest BCUT2D eigenvalue weighted by Gasteiger charge is 2.47. The second-order valence-electron chi connectivity index (χ2n) is 3.67. The second kappa shape index (κ2) is 5.55. The van der Waals surface area contributed by atoms with Crippen molar-refractivity contribution in [3.05, 3.63) is 0 Å². The molecular weight excluding hydrogens is 218 g/mol. The first-order valence-electron chi connectivity index (χ1n) is 4.93. The van der Waals surface area contributed by atoms with Gasteiger partial charge < -0.3 is 30.1 Å². The van der Waals surface area contributed by atoms with Crippen molar-refractivity contribution in [2.24, 2.45) is 0 Å². The van der Waals surface area contributed by atoms with Crippen molar-refractivity contribution in [2.45, 2.75) is 37.6 Å². The average Bonchev–Trinajstić information content (AvgIpc) is 2.55. The Morgan fingerprint density at radius 1 is 1.62 bits per heavy atom. The Hall–Kier alpha value is -0.730. The van der Waals surface area contributed by atoms with Crippen molar-refractivity contribution in [2.75, 3.05) is 13.7 Å². The molecule has 0 saturated carbocycles. The Kier molecular flexibility index (Phi) is 4.63. The summed E-state index contributed by atoms with van der Waals surface area (Å²) in [6, 6.07) is -0.756. The fourth-order valence-electron chi connectivity index (χ4n) is 1.70. The molecular formula is C9H17NO6. The molecule has 16 heavy (non-hydrogen) atoms. The van der Waals surface area contributed by atoms with Crippen LogP contribution in [0.15, 0.2) is 0 Å². The van der Waals surface area contributed by atoms with Gasteiger partial charge in [-0.2, -0.15) is 0 Å². The van der Waals surface area contributed by atoms with Crippen LogP contribution in [-0.2, 0) is 14.3 Å². The summed E-state index contributed by atoms with van der Waals surface area (Å²) in [6.45, 7) is 0.764. The monoisotopic (exact) mass is 235 g/mol. The van der Waals surface area contributed by atoms with E-state index in [4.69, 9.17) is 14.6 Å². The third-order valence-corrected chi connectivity index (χ3v) is 2.46. The molecule has 0 bridgehead atoms. The molecule has 5 atom stereocenters. The molecule has 1 amide bonds. The maximum Gasteiger partial charge on any atom is 0.217 e. The van der Waals surface area contributed by atoms with Crippen molar-refractivity contribution >= 4 is 5.91 Å². The van der Waals surface area contributed by atoms with E-state index in [1.807, 2.05) is 0 Å². The molecule has 0 aromatic rings. The third-order valence-electron chi connectivity index (χ3n) is 2.46. The lowest BCUT2D eigenvalue weighted by Crippen LogP contribution is -2.49. The zero-order chi connectivity index (χ0) is 12.3. The van der Waals surface area contributed by atoms with Gasteiger partial charge in [0.05, 0.1) is 6.61 Å². The van der Waals surface area contributed by atoms with E-state index in [9.17, 15) is 15.0 Å². The van der Waals surface area contributed by atoms with Crippen molar-refractivity contribution in [1.29, 1.82) is 0 Å². The van der Waals surface area contributed by atoms with Crippen LogP contribution in [0.5, 0.6) is 0 Å². The normalized spacial score (nSPS) is 36.1. The summed E-state index contributed by atoms with van der Waals surface area (Å²) in [7, 11) is 1.36. The molecule has 1 heterocycles. The fourth-order valence-corrected chi connectivity index (χ4v) is 1.70. The summed E-state index contributed by atoms with van der Waals surface area (Å²) in [4.78, 5) is 10.9. The lowest BCUT2D eigenvalue weighted by atomic mass is 10.0. The third kappa shape index (κ3) is 2.69. The average molecular weight is 235 g/mol. The molecule has 0 unspecified atom stereocenters. The van der Waals surface area contributed by atoms with Crippen LogP contribution < -0.4 is 5.32 Å². The molecule has 1 fully saturated rings. The van der Waals surface area contributed by atoms with Gasteiger partial charge in [-0.15, -0.1) is 0 Å². The smallest absolute Gasteiger partial charge is 0.217 e. The number of hydrogen-bond donors (Lipinski definition) is 4. The summed E-state index contributed by atoms with van der Waals surface area (Å²) in [5, 5.41) is 30.4. The molecule has 0 aromatic heterocycles. The van der Waals surface area contributed by atoms with Crippen LogP contribution in [0.25, 0.3) is 0 Å². The van der Waals surface area contributed by atoms with E-state index in [1.54, 1.807) is 0 Å². The van der Waals surface area contributed by atoms with Gasteiger partial charge in [-0.1, -0.05) is 0 Å². The van der Waals surface area contributed by atoms with Crippen LogP contribution in [0.2, 0.25) is 0 Å². The molecule has 7 heteroatoms. The fraction of sp³-hybridized carbons (Fsp3) is 0.889. The molecule has 0 spiro atoms. The van der Waals surface area contributed by atoms with Crippen LogP contribution in [0.3, 0.4) is 0 Å². The van der Waals surface area contributed by atoms with E-state index in [-0.39, 0.29) is 5.91 Å². The molecule has 1 aliphatic rings. The summed E-state index contributed by atoms with van der Waals surface area (Å²) < 4.78 is 10.1. The predicted octanol–water partition coefficient (Wildman–Crippen LogP) is -2.42. The summed E-state index contributed by atoms with van der Waals surface area (Å²) in [5.74, 6) is -0.339. The van der Waals surface area contributed by atoms with E-state index >= 15 is 0 Å². The van der Waals surface area contributed by atoms with Crippen LogP contribution in [0, 0.1) is 0 Å². The number of ether oxygens (including phenoxy) is 2. The molecule has 4 N–H and O–H groups in total. The second-order valence-corrected chi connectivity index (χ2v) is 3.67. The summed E-state index contributed by atoms with van der Waals surface area (Å²) >= 11 is 0. The Bertz CT molecular complexity index is 248. The molecule has 0 radical (unpaired) electrons. The van der Waals surface area contributed by atoms with Gasteiger partial charge in [0.2, 0.25) is 5.91 Å². The standard InChI is InChI=1S/C9H17NO6/c1-4(12)10-6-7(14)8(5(13)3-11)16-9(6)15-2/h5-9,11,13-14H,3H2,1-2H3,(H,10,12)/t5-,6+,7-,8+,9+/m1/s1. The number of aliphatic hydroxyl groups excluding tert-OH is 3. The number of carbonyl (C=O) groups excluding carboxylic acids is 1. The Balaban J connectivity index is 2.72. The zero-order valence-corrected chi connectivity index (χ0v) is 9.16. The van der Waals surface area contributed by atoms with Crippen LogP contribution in [-0.4, -0.2) is 65.6 Å². The molecule has 7 nitrogen and oxygen atoms in total. The van der Waals surface area contributed by atoms with E-state index in [0.717, 1.165) is 0 Å². The number of carbonyl (C=O) groups is 1. The first-order valence-corrected chi connectivity index (χ1v) is 4.93. The van der Waals surface area contributed by atoms with Gasteiger partial charge in [-0.05, 0) is 0 Å². The lowest BCUT2D eigenvalue weighted by molar-refractivity contribution is -0.155. The highest BCUT2D eigenvalue weighted by atomic mass is 16.7. The quantitative estimate of drug-likeness (QED) is 0.432. The molecule has 1 aliphatic heterocycles. The topological polar surface area (TPSA) is 108 Å².